The lowest BCUT2D eigenvalue weighted by atomic mass is 10.1. The van der Waals surface area contributed by atoms with Crippen molar-refractivity contribution in [2.45, 2.75) is 18.9 Å². The van der Waals surface area contributed by atoms with Crippen molar-refractivity contribution in [3.05, 3.63) is 29.8 Å². The number of thioether (sulfide) groups is 1. The molecule has 0 unspecified atom stereocenters. The monoisotopic (exact) mass is 229 g/mol. The number of halogens is 2. The van der Waals surface area contributed by atoms with Gasteiger partial charge in [0, 0.05) is 6.04 Å². The Balaban J connectivity index is 2.09. The van der Waals surface area contributed by atoms with Crippen LogP contribution in [0.25, 0.3) is 0 Å². The lowest BCUT2D eigenvalue weighted by Crippen LogP contribution is -2.25. The van der Waals surface area contributed by atoms with E-state index in [2.05, 4.69) is 5.32 Å². The zero-order chi connectivity index (χ0) is 10.7. The Hall–Kier alpha value is -0.770. The van der Waals surface area contributed by atoms with Crippen LogP contribution in [0.3, 0.4) is 0 Å². The van der Waals surface area contributed by atoms with Gasteiger partial charge in [-0.2, -0.15) is 11.8 Å². The maximum atomic E-state index is 13.3. The van der Waals surface area contributed by atoms with Gasteiger partial charge in [0.25, 0.3) is 0 Å². The van der Waals surface area contributed by atoms with E-state index >= 15 is 0 Å². The van der Waals surface area contributed by atoms with Crippen molar-refractivity contribution in [2.75, 3.05) is 16.8 Å². The van der Waals surface area contributed by atoms with E-state index in [1.54, 1.807) is 0 Å². The molecule has 0 spiro atoms. The molecule has 0 amide bonds. The first kappa shape index (κ1) is 10.7. The first-order valence-corrected chi connectivity index (χ1v) is 6.21. The first-order valence-electron chi connectivity index (χ1n) is 5.05. The van der Waals surface area contributed by atoms with Gasteiger partial charge in [0.15, 0.2) is 0 Å². The molecule has 0 bridgehead atoms. The van der Waals surface area contributed by atoms with E-state index in [-0.39, 0.29) is 11.7 Å². The van der Waals surface area contributed by atoms with Gasteiger partial charge >= 0.3 is 0 Å². The highest BCUT2D eigenvalue weighted by molar-refractivity contribution is 7.99. The third kappa shape index (κ3) is 2.62. The Morgan fingerprint density at radius 1 is 1.13 bits per heavy atom. The fourth-order valence-electron chi connectivity index (χ4n) is 1.68. The Morgan fingerprint density at radius 2 is 1.73 bits per heavy atom. The van der Waals surface area contributed by atoms with Crippen molar-refractivity contribution in [3.63, 3.8) is 0 Å². The van der Waals surface area contributed by atoms with Crippen LogP contribution in [0.1, 0.15) is 12.8 Å². The topological polar surface area (TPSA) is 12.0 Å². The molecular formula is C11H13F2NS. The number of rotatable bonds is 2. The molecule has 4 heteroatoms. The van der Waals surface area contributed by atoms with Crippen LogP contribution in [0.2, 0.25) is 0 Å². The predicted molar refractivity (Wildman–Crippen MR) is 60.3 cm³/mol. The normalized spacial score (nSPS) is 17.7. The van der Waals surface area contributed by atoms with Crippen molar-refractivity contribution in [3.8, 4) is 0 Å². The van der Waals surface area contributed by atoms with Crippen LogP contribution < -0.4 is 5.32 Å². The maximum absolute atomic E-state index is 13.3. The SMILES string of the molecule is Fc1cccc(F)c1NC1CCSCC1. The minimum atomic E-state index is -0.506. The van der Waals surface area contributed by atoms with E-state index in [4.69, 9.17) is 0 Å². The first-order chi connectivity index (χ1) is 7.27. The molecule has 2 rings (SSSR count). The van der Waals surface area contributed by atoms with Crippen molar-refractivity contribution in [2.24, 2.45) is 0 Å². The second-order valence-corrected chi connectivity index (χ2v) is 4.85. The Morgan fingerprint density at radius 3 is 2.33 bits per heavy atom. The molecule has 1 aliphatic heterocycles. The van der Waals surface area contributed by atoms with Crippen LogP contribution in [0.5, 0.6) is 0 Å². The van der Waals surface area contributed by atoms with E-state index in [0.29, 0.717) is 0 Å². The predicted octanol–water partition coefficient (Wildman–Crippen LogP) is 3.27. The van der Waals surface area contributed by atoms with Crippen LogP contribution in [-0.2, 0) is 0 Å². The fourth-order valence-corrected chi connectivity index (χ4v) is 2.79. The number of hydrogen-bond acceptors (Lipinski definition) is 2. The van der Waals surface area contributed by atoms with Crippen molar-refractivity contribution in [1.29, 1.82) is 0 Å². The summed E-state index contributed by atoms with van der Waals surface area (Å²) in [6.07, 6.45) is 1.94. The molecule has 0 atom stereocenters. The average molecular weight is 229 g/mol. The summed E-state index contributed by atoms with van der Waals surface area (Å²) in [5.74, 6) is 1.11. The summed E-state index contributed by atoms with van der Waals surface area (Å²) in [5.41, 5.74) is 0.0226. The van der Waals surface area contributed by atoms with Crippen molar-refractivity contribution < 1.29 is 8.78 Å². The van der Waals surface area contributed by atoms with Gasteiger partial charge in [0.05, 0.1) is 0 Å². The lowest BCUT2D eigenvalue weighted by Gasteiger charge is -2.23. The lowest BCUT2D eigenvalue weighted by molar-refractivity contribution is 0.574. The Labute approximate surface area is 92.3 Å². The maximum Gasteiger partial charge on any atom is 0.149 e. The highest BCUT2D eigenvalue weighted by atomic mass is 32.2. The molecule has 1 aromatic rings. The molecule has 1 saturated heterocycles. The van der Waals surface area contributed by atoms with Crippen LogP contribution in [-0.4, -0.2) is 17.5 Å². The van der Waals surface area contributed by atoms with Crippen LogP contribution in [0.15, 0.2) is 18.2 Å². The third-order valence-corrected chi connectivity index (χ3v) is 3.58. The Bertz CT molecular complexity index is 317. The van der Waals surface area contributed by atoms with Crippen molar-refractivity contribution in [1.82, 2.24) is 0 Å². The molecule has 1 N–H and O–H groups in total. The zero-order valence-corrected chi connectivity index (χ0v) is 9.12. The van der Waals surface area contributed by atoms with Crippen LogP contribution in [0, 0.1) is 11.6 Å². The van der Waals surface area contributed by atoms with Gasteiger partial charge < -0.3 is 5.32 Å². The van der Waals surface area contributed by atoms with Gasteiger partial charge in [-0.25, -0.2) is 8.78 Å². The summed E-state index contributed by atoms with van der Waals surface area (Å²) < 4.78 is 26.6. The van der Waals surface area contributed by atoms with Gasteiger partial charge in [-0.05, 0) is 36.5 Å². The fraction of sp³-hybridized carbons (Fsp3) is 0.455. The third-order valence-electron chi connectivity index (χ3n) is 2.53. The minimum absolute atomic E-state index is 0.0226. The molecule has 0 saturated carbocycles. The number of nitrogens with one attached hydrogen (secondary N) is 1. The highest BCUT2D eigenvalue weighted by Gasteiger charge is 2.16. The molecule has 0 aliphatic carbocycles. The van der Waals surface area contributed by atoms with E-state index in [9.17, 15) is 8.78 Å². The van der Waals surface area contributed by atoms with Crippen molar-refractivity contribution >= 4 is 17.4 Å². The second-order valence-electron chi connectivity index (χ2n) is 3.63. The van der Waals surface area contributed by atoms with Crippen LogP contribution >= 0.6 is 11.8 Å². The van der Waals surface area contributed by atoms with E-state index in [1.807, 2.05) is 11.8 Å². The summed E-state index contributed by atoms with van der Waals surface area (Å²) in [6.45, 7) is 0. The largest absolute Gasteiger partial charge is 0.378 e. The molecular weight excluding hydrogens is 216 g/mol. The zero-order valence-electron chi connectivity index (χ0n) is 8.30. The minimum Gasteiger partial charge on any atom is -0.378 e. The molecule has 0 aromatic heterocycles. The molecule has 1 aliphatic rings. The standard InChI is InChI=1S/C11H13F2NS/c12-9-2-1-3-10(13)11(9)14-8-4-6-15-7-5-8/h1-3,8,14H,4-7H2. The molecule has 1 nitrogen and oxygen atoms in total. The van der Waals surface area contributed by atoms with E-state index < -0.39 is 11.6 Å². The number of hydrogen-bond donors (Lipinski definition) is 1. The Kier molecular flexibility index (Phi) is 3.46. The van der Waals surface area contributed by atoms with Crippen LogP contribution in [0.4, 0.5) is 14.5 Å². The highest BCUT2D eigenvalue weighted by Crippen LogP contribution is 2.24. The average Bonchev–Trinajstić information content (AvgIpc) is 2.25. The van der Waals surface area contributed by atoms with Gasteiger partial charge in [-0.1, -0.05) is 6.07 Å². The molecule has 1 fully saturated rings. The summed E-state index contributed by atoms with van der Waals surface area (Å²) in [4.78, 5) is 0. The quantitative estimate of drug-likeness (QED) is 0.835. The molecule has 82 valence electrons. The number of anilines is 1. The summed E-state index contributed by atoms with van der Waals surface area (Å²) in [5, 5.41) is 2.95. The summed E-state index contributed by atoms with van der Waals surface area (Å²) in [6, 6.07) is 4.15. The van der Waals surface area contributed by atoms with Gasteiger partial charge in [0.2, 0.25) is 0 Å². The van der Waals surface area contributed by atoms with E-state index in [0.717, 1.165) is 24.3 Å². The molecule has 0 radical (unpaired) electrons. The smallest absolute Gasteiger partial charge is 0.149 e. The van der Waals surface area contributed by atoms with Gasteiger partial charge in [-0.3, -0.25) is 0 Å². The van der Waals surface area contributed by atoms with Gasteiger partial charge in [0.1, 0.15) is 17.3 Å². The number of para-hydroxylation sites is 1. The number of benzene rings is 1. The second kappa shape index (κ2) is 4.84. The molecule has 1 heterocycles. The molecule has 15 heavy (non-hydrogen) atoms. The van der Waals surface area contributed by atoms with E-state index in [1.165, 1.54) is 18.2 Å². The molecule has 1 aromatic carbocycles. The summed E-state index contributed by atoms with van der Waals surface area (Å²) >= 11 is 1.89. The summed E-state index contributed by atoms with van der Waals surface area (Å²) in [7, 11) is 0. The van der Waals surface area contributed by atoms with Gasteiger partial charge in [-0.15, -0.1) is 0 Å².